The Morgan fingerprint density at radius 3 is 2.73 bits per heavy atom. The molecule has 30 heavy (non-hydrogen) atoms. The molecule has 1 aromatic heterocycles. The van der Waals surface area contributed by atoms with Crippen LogP contribution in [-0.2, 0) is 14.9 Å². The first kappa shape index (κ1) is 21.2. The molecule has 7 heteroatoms. The summed E-state index contributed by atoms with van der Waals surface area (Å²) in [4.78, 5) is 21.5. The van der Waals surface area contributed by atoms with Crippen LogP contribution in [0.25, 0.3) is 16.5 Å². The fraction of sp³-hybridized carbons (Fsp3) is 0.391. The van der Waals surface area contributed by atoms with Crippen LogP contribution in [0.3, 0.4) is 0 Å². The number of thioether (sulfide) groups is 1. The Morgan fingerprint density at radius 2 is 2.00 bits per heavy atom. The molecule has 0 radical (unpaired) electrons. The summed E-state index contributed by atoms with van der Waals surface area (Å²) in [6.45, 7) is 9.30. The first-order chi connectivity index (χ1) is 14.4. The fourth-order valence-corrected chi connectivity index (χ4v) is 5.40. The number of carbonyl (C=O) groups excluding carboxylic acids is 1. The van der Waals surface area contributed by atoms with Crippen molar-refractivity contribution in [2.24, 2.45) is 4.99 Å². The van der Waals surface area contributed by atoms with E-state index < -0.39 is 0 Å². The molecule has 3 heterocycles. The Labute approximate surface area is 185 Å². The fourth-order valence-electron chi connectivity index (χ4n) is 3.42. The number of phenols is 1. The SMILES string of the molecule is CCC(C)(C)c1cc(-c2ccc(/C=C3\SC(N4CCOCC4)=NC3=O)s2)ccc1O. The van der Waals surface area contributed by atoms with Crippen molar-refractivity contribution in [2.75, 3.05) is 26.3 Å². The van der Waals surface area contributed by atoms with Crippen molar-refractivity contribution in [3.63, 3.8) is 0 Å². The third kappa shape index (κ3) is 4.33. The number of hydrogen-bond acceptors (Lipinski definition) is 6. The zero-order valence-electron chi connectivity index (χ0n) is 17.5. The third-order valence-electron chi connectivity index (χ3n) is 5.69. The number of morpholine rings is 1. The van der Waals surface area contributed by atoms with E-state index in [2.05, 4.69) is 42.8 Å². The molecule has 1 N–H and O–H groups in total. The smallest absolute Gasteiger partial charge is 0.286 e. The lowest BCUT2D eigenvalue weighted by molar-refractivity contribution is -0.113. The number of benzene rings is 1. The number of aromatic hydroxyl groups is 1. The first-order valence-electron chi connectivity index (χ1n) is 10.2. The van der Waals surface area contributed by atoms with Crippen LogP contribution in [0.15, 0.2) is 40.2 Å². The highest BCUT2D eigenvalue weighted by Crippen LogP contribution is 2.39. The summed E-state index contributed by atoms with van der Waals surface area (Å²) >= 11 is 3.08. The highest BCUT2D eigenvalue weighted by Gasteiger charge is 2.27. The number of carbonyl (C=O) groups is 1. The number of nitrogens with zero attached hydrogens (tertiary/aromatic N) is 2. The molecule has 1 amide bonds. The van der Waals surface area contributed by atoms with Crippen molar-refractivity contribution in [1.29, 1.82) is 0 Å². The van der Waals surface area contributed by atoms with E-state index in [4.69, 9.17) is 4.74 Å². The minimum Gasteiger partial charge on any atom is -0.508 e. The summed E-state index contributed by atoms with van der Waals surface area (Å²) in [5, 5.41) is 11.1. The zero-order valence-corrected chi connectivity index (χ0v) is 19.1. The van der Waals surface area contributed by atoms with E-state index in [0.29, 0.717) is 23.9 Å². The molecule has 4 rings (SSSR count). The second-order valence-electron chi connectivity index (χ2n) is 8.08. The Bertz CT molecular complexity index is 1020. The Morgan fingerprint density at radius 1 is 1.23 bits per heavy atom. The summed E-state index contributed by atoms with van der Waals surface area (Å²) < 4.78 is 5.38. The molecule has 0 saturated carbocycles. The topological polar surface area (TPSA) is 62.1 Å². The Hall–Kier alpha value is -2.09. The van der Waals surface area contributed by atoms with Gasteiger partial charge < -0.3 is 14.7 Å². The monoisotopic (exact) mass is 442 g/mol. The number of phenolic OH excluding ortho intramolecular Hbond substituents is 1. The maximum absolute atomic E-state index is 12.4. The zero-order chi connectivity index (χ0) is 21.3. The minimum atomic E-state index is -0.173. The number of thiophene rings is 1. The molecule has 158 valence electrons. The number of rotatable bonds is 4. The van der Waals surface area contributed by atoms with Crippen molar-refractivity contribution in [1.82, 2.24) is 4.90 Å². The Balaban J connectivity index is 1.54. The van der Waals surface area contributed by atoms with Crippen molar-refractivity contribution >= 4 is 40.2 Å². The van der Waals surface area contributed by atoms with Gasteiger partial charge >= 0.3 is 0 Å². The summed E-state index contributed by atoms with van der Waals surface area (Å²) in [6, 6.07) is 9.91. The molecule has 0 atom stereocenters. The van der Waals surface area contributed by atoms with E-state index in [1.54, 1.807) is 17.4 Å². The van der Waals surface area contributed by atoms with E-state index >= 15 is 0 Å². The molecule has 0 unspecified atom stereocenters. The lowest BCUT2D eigenvalue weighted by Gasteiger charge is -2.27. The number of ether oxygens (including phenoxy) is 1. The average Bonchev–Trinajstić information content (AvgIpc) is 3.36. The van der Waals surface area contributed by atoms with Crippen LogP contribution in [0.2, 0.25) is 0 Å². The van der Waals surface area contributed by atoms with Crippen LogP contribution < -0.4 is 0 Å². The molecule has 2 aromatic rings. The van der Waals surface area contributed by atoms with Crippen molar-refractivity contribution in [3.8, 4) is 16.2 Å². The van der Waals surface area contributed by atoms with Gasteiger partial charge in [-0.1, -0.05) is 20.8 Å². The molecule has 2 aliphatic heterocycles. The van der Waals surface area contributed by atoms with Crippen LogP contribution in [-0.4, -0.2) is 47.4 Å². The maximum atomic E-state index is 12.4. The summed E-state index contributed by atoms with van der Waals surface area (Å²) in [5.41, 5.74) is 1.94. The Kier molecular flexibility index (Phi) is 6.04. The second-order valence-corrected chi connectivity index (χ2v) is 10.2. The normalized spacial score (nSPS) is 18.9. The van der Waals surface area contributed by atoms with Crippen molar-refractivity contribution in [2.45, 2.75) is 32.6 Å². The average molecular weight is 443 g/mol. The molecule has 0 bridgehead atoms. The molecular weight excluding hydrogens is 416 g/mol. The van der Waals surface area contributed by atoms with Gasteiger partial charge in [-0.05, 0) is 65.6 Å². The van der Waals surface area contributed by atoms with Gasteiger partial charge in [-0.15, -0.1) is 11.3 Å². The molecule has 1 fully saturated rings. The van der Waals surface area contributed by atoms with E-state index in [9.17, 15) is 9.90 Å². The highest BCUT2D eigenvalue weighted by molar-refractivity contribution is 8.18. The van der Waals surface area contributed by atoms with Crippen LogP contribution in [0.5, 0.6) is 5.75 Å². The number of hydrogen-bond donors (Lipinski definition) is 1. The number of aliphatic imine (C=N–C) groups is 1. The van der Waals surface area contributed by atoms with Crippen LogP contribution >= 0.6 is 23.1 Å². The van der Waals surface area contributed by atoms with E-state index in [1.807, 2.05) is 18.2 Å². The van der Waals surface area contributed by atoms with Gasteiger partial charge in [0.15, 0.2) is 5.17 Å². The van der Waals surface area contributed by atoms with Gasteiger partial charge in [-0.25, -0.2) is 0 Å². The lowest BCUT2D eigenvalue weighted by Crippen LogP contribution is -2.38. The van der Waals surface area contributed by atoms with Gasteiger partial charge in [0.1, 0.15) is 5.75 Å². The summed E-state index contributed by atoms with van der Waals surface area (Å²) in [7, 11) is 0. The van der Waals surface area contributed by atoms with Gasteiger partial charge in [0.2, 0.25) is 0 Å². The molecule has 2 aliphatic rings. The van der Waals surface area contributed by atoms with Crippen molar-refractivity contribution in [3.05, 3.63) is 45.7 Å². The number of amides is 1. The summed E-state index contributed by atoms with van der Waals surface area (Å²) in [6.07, 6.45) is 2.87. The third-order valence-corrected chi connectivity index (χ3v) is 7.81. The van der Waals surface area contributed by atoms with Gasteiger partial charge in [0.25, 0.3) is 5.91 Å². The first-order valence-corrected chi connectivity index (χ1v) is 11.8. The molecule has 1 saturated heterocycles. The summed E-state index contributed by atoms with van der Waals surface area (Å²) in [5.74, 6) is 0.165. The maximum Gasteiger partial charge on any atom is 0.286 e. The standard InChI is InChI=1S/C23H26N2O3S2/c1-4-23(2,3)17-13-15(5-7-18(17)26)19-8-6-16(29-19)14-20-21(27)24-22(30-20)25-9-11-28-12-10-25/h5-8,13-14,26H,4,9-12H2,1-3H3/b20-14-. The molecule has 5 nitrogen and oxygen atoms in total. The highest BCUT2D eigenvalue weighted by atomic mass is 32.2. The second kappa shape index (κ2) is 8.57. The van der Waals surface area contributed by atoms with Crippen LogP contribution in [0.4, 0.5) is 0 Å². The molecule has 1 aromatic carbocycles. The van der Waals surface area contributed by atoms with Crippen LogP contribution in [0.1, 0.15) is 37.6 Å². The predicted octanol–water partition coefficient (Wildman–Crippen LogP) is 5.11. The van der Waals surface area contributed by atoms with Crippen LogP contribution in [0, 0.1) is 0 Å². The number of amidine groups is 1. The van der Waals surface area contributed by atoms with E-state index in [-0.39, 0.29) is 11.3 Å². The van der Waals surface area contributed by atoms with Gasteiger partial charge in [-0.3, -0.25) is 4.79 Å². The lowest BCUT2D eigenvalue weighted by atomic mass is 9.81. The minimum absolute atomic E-state index is 0.0949. The van der Waals surface area contributed by atoms with Gasteiger partial charge in [-0.2, -0.15) is 4.99 Å². The molecule has 0 aliphatic carbocycles. The largest absolute Gasteiger partial charge is 0.508 e. The van der Waals surface area contributed by atoms with E-state index in [1.165, 1.54) is 11.8 Å². The quantitative estimate of drug-likeness (QED) is 0.667. The molecule has 0 spiro atoms. The van der Waals surface area contributed by atoms with Gasteiger partial charge in [0.05, 0.1) is 18.1 Å². The molecular formula is C23H26N2O3S2. The van der Waals surface area contributed by atoms with Crippen molar-refractivity contribution < 1.29 is 14.6 Å². The predicted molar refractivity (Wildman–Crippen MR) is 125 cm³/mol. The van der Waals surface area contributed by atoms with E-state index in [0.717, 1.165) is 45.6 Å². The van der Waals surface area contributed by atoms with Gasteiger partial charge in [0, 0.05) is 28.4 Å².